The van der Waals surface area contributed by atoms with Crippen LogP contribution in [0.2, 0.25) is 0 Å². The molecule has 0 fully saturated rings. The largest absolute Gasteiger partial charge is 0.369 e. The number of nitrogens with two attached hydrogens (primary N) is 1. The van der Waals surface area contributed by atoms with Crippen LogP contribution in [0.5, 0.6) is 0 Å². The Kier molecular flexibility index (Phi) is 4.19. The van der Waals surface area contributed by atoms with Crippen LogP contribution in [0.3, 0.4) is 0 Å². The van der Waals surface area contributed by atoms with Crippen molar-refractivity contribution in [2.24, 2.45) is 5.73 Å². The summed E-state index contributed by atoms with van der Waals surface area (Å²) in [7, 11) is -2.41. The first-order valence-corrected chi connectivity index (χ1v) is 6.39. The van der Waals surface area contributed by atoms with Crippen LogP contribution in [0.15, 0.2) is 24.3 Å². The predicted molar refractivity (Wildman–Crippen MR) is 60.8 cm³/mol. The Balaban J connectivity index is 2.83. The molecule has 2 N–H and O–H groups in total. The quantitative estimate of drug-likeness (QED) is 0.813. The number of hydrogen-bond acceptors (Lipinski definition) is 3. The summed E-state index contributed by atoms with van der Waals surface area (Å²) < 4.78 is 37.2. The summed E-state index contributed by atoms with van der Waals surface area (Å²) in [6.45, 7) is -0.391. The zero-order valence-electron chi connectivity index (χ0n) is 9.26. The highest BCUT2D eigenvalue weighted by atomic mass is 32.2. The van der Waals surface area contributed by atoms with Gasteiger partial charge in [0.1, 0.15) is 5.82 Å². The van der Waals surface area contributed by atoms with E-state index in [0.29, 0.717) is 5.56 Å². The molecule has 0 radical (unpaired) electrons. The number of rotatable bonds is 5. The normalized spacial score (nSPS) is 11.7. The van der Waals surface area contributed by atoms with Crippen molar-refractivity contribution in [3.63, 3.8) is 0 Å². The maximum Gasteiger partial charge on any atom is 0.232 e. The fourth-order valence-corrected chi connectivity index (χ4v) is 2.41. The highest BCUT2D eigenvalue weighted by Crippen LogP contribution is 2.10. The molecule has 7 heteroatoms. The van der Waals surface area contributed by atoms with Gasteiger partial charge < -0.3 is 5.73 Å². The summed E-state index contributed by atoms with van der Waals surface area (Å²) in [5, 5.41) is 0. The Bertz CT molecular complexity index is 516. The molecular weight excluding hydrogens is 247 g/mol. The van der Waals surface area contributed by atoms with Crippen molar-refractivity contribution in [3.8, 4) is 0 Å². The molecule has 0 aliphatic carbocycles. The number of hydrogen-bond donors (Lipinski definition) is 1. The molecule has 94 valence electrons. The summed E-state index contributed by atoms with van der Waals surface area (Å²) >= 11 is 0. The van der Waals surface area contributed by atoms with Crippen LogP contribution in [0.4, 0.5) is 4.39 Å². The molecule has 0 aliphatic heterocycles. The van der Waals surface area contributed by atoms with E-state index in [1.807, 2.05) is 0 Å². The topological polar surface area (TPSA) is 80.5 Å². The van der Waals surface area contributed by atoms with E-state index >= 15 is 0 Å². The molecule has 0 spiro atoms. The van der Waals surface area contributed by atoms with Gasteiger partial charge in [-0.3, -0.25) is 4.79 Å². The lowest BCUT2D eigenvalue weighted by Crippen LogP contribution is -2.36. The van der Waals surface area contributed by atoms with Crippen LogP contribution < -0.4 is 5.73 Å². The van der Waals surface area contributed by atoms with Gasteiger partial charge in [-0.1, -0.05) is 12.1 Å². The lowest BCUT2D eigenvalue weighted by molar-refractivity contribution is -0.118. The molecule has 0 atom stereocenters. The van der Waals surface area contributed by atoms with Gasteiger partial charge in [0.2, 0.25) is 15.9 Å². The van der Waals surface area contributed by atoms with Crippen LogP contribution in [0, 0.1) is 5.82 Å². The van der Waals surface area contributed by atoms with Crippen LogP contribution in [0.1, 0.15) is 5.56 Å². The monoisotopic (exact) mass is 260 g/mol. The van der Waals surface area contributed by atoms with Crippen LogP contribution in [-0.4, -0.2) is 32.2 Å². The van der Waals surface area contributed by atoms with Crippen LogP contribution in [-0.2, 0) is 20.6 Å². The molecule has 0 bridgehead atoms. The van der Waals surface area contributed by atoms with Crippen molar-refractivity contribution in [1.29, 1.82) is 0 Å². The van der Waals surface area contributed by atoms with E-state index < -0.39 is 28.3 Å². The standard InChI is InChI=1S/C10H13FN2O3S/c1-13(6-10(12)14)17(15,16)7-8-3-2-4-9(11)5-8/h2-5H,6-7H2,1H3,(H2,12,14). The Morgan fingerprint density at radius 3 is 2.65 bits per heavy atom. The molecule has 0 aliphatic rings. The third-order valence-corrected chi connectivity index (χ3v) is 3.87. The number of sulfonamides is 1. The first kappa shape index (κ1) is 13.6. The first-order chi connectivity index (χ1) is 7.81. The molecule has 1 rings (SSSR count). The number of likely N-dealkylation sites (N-methyl/N-ethyl adjacent to an activating group) is 1. The molecule has 0 unspecified atom stereocenters. The van der Waals surface area contributed by atoms with Crippen molar-refractivity contribution in [2.45, 2.75) is 5.75 Å². The molecule has 1 aromatic carbocycles. The zero-order chi connectivity index (χ0) is 13.1. The summed E-state index contributed by atoms with van der Waals surface area (Å²) in [5.41, 5.74) is 5.22. The summed E-state index contributed by atoms with van der Waals surface area (Å²) in [5.74, 6) is -1.61. The number of carbonyl (C=O) groups excluding carboxylic acids is 1. The van der Waals surface area contributed by atoms with Gasteiger partial charge in [-0.2, -0.15) is 4.31 Å². The SMILES string of the molecule is CN(CC(N)=O)S(=O)(=O)Cc1cccc(F)c1. The van der Waals surface area contributed by atoms with Crippen molar-refractivity contribution >= 4 is 15.9 Å². The molecule has 17 heavy (non-hydrogen) atoms. The molecule has 5 nitrogen and oxygen atoms in total. The molecule has 0 heterocycles. The van der Waals surface area contributed by atoms with E-state index in [1.165, 1.54) is 25.2 Å². The van der Waals surface area contributed by atoms with Gasteiger partial charge in [0.25, 0.3) is 0 Å². The van der Waals surface area contributed by atoms with Gasteiger partial charge >= 0.3 is 0 Å². The van der Waals surface area contributed by atoms with E-state index in [0.717, 1.165) is 10.4 Å². The molecular formula is C10H13FN2O3S. The minimum absolute atomic E-state index is 0.321. The van der Waals surface area contributed by atoms with Gasteiger partial charge in [0.05, 0.1) is 12.3 Å². The van der Waals surface area contributed by atoms with Gasteiger partial charge in [-0.05, 0) is 17.7 Å². The minimum atomic E-state index is -3.66. The lowest BCUT2D eigenvalue weighted by Gasteiger charge is -2.15. The number of primary amides is 1. The summed E-state index contributed by atoms with van der Waals surface area (Å²) in [4.78, 5) is 10.6. The number of benzene rings is 1. The van der Waals surface area contributed by atoms with Crippen molar-refractivity contribution in [2.75, 3.05) is 13.6 Å². The maximum atomic E-state index is 12.9. The Hall–Kier alpha value is -1.47. The number of halogens is 1. The summed E-state index contributed by atoms with van der Waals surface area (Å²) in [6.07, 6.45) is 0. The second-order valence-electron chi connectivity index (χ2n) is 3.61. The number of carbonyl (C=O) groups is 1. The fourth-order valence-electron chi connectivity index (χ4n) is 1.27. The van der Waals surface area contributed by atoms with Crippen LogP contribution in [0.25, 0.3) is 0 Å². The smallest absolute Gasteiger partial charge is 0.232 e. The molecule has 0 saturated carbocycles. The second kappa shape index (κ2) is 5.24. The zero-order valence-corrected chi connectivity index (χ0v) is 10.1. The molecule has 0 saturated heterocycles. The summed E-state index contributed by atoms with van der Waals surface area (Å²) in [6, 6.07) is 5.28. The van der Waals surface area contributed by atoms with Crippen molar-refractivity contribution in [1.82, 2.24) is 4.31 Å². The average molecular weight is 260 g/mol. The van der Waals surface area contributed by atoms with E-state index in [4.69, 9.17) is 5.73 Å². The first-order valence-electron chi connectivity index (χ1n) is 4.78. The van der Waals surface area contributed by atoms with Gasteiger partial charge in [-0.15, -0.1) is 0 Å². The van der Waals surface area contributed by atoms with E-state index in [2.05, 4.69) is 0 Å². The molecule has 1 aromatic rings. The van der Waals surface area contributed by atoms with Crippen molar-refractivity contribution < 1.29 is 17.6 Å². The maximum absolute atomic E-state index is 12.9. The Morgan fingerprint density at radius 2 is 2.12 bits per heavy atom. The average Bonchev–Trinajstić information content (AvgIpc) is 2.15. The van der Waals surface area contributed by atoms with Crippen LogP contribution >= 0.6 is 0 Å². The van der Waals surface area contributed by atoms with Crippen molar-refractivity contribution in [3.05, 3.63) is 35.6 Å². The second-order valence-corrected chi connectivity index (χ2v) is 5.68. The highest BCUT2D eigenvalue weighted by molar-refractivity contribution is 7.88. The third-order valence-electron chi connectivity index (χ3n) is 2.09. The van der Waals surface area contributed by atoms with Gasteiger partial charge in [0, 0.05) is 7.05 Å². The lowest BCUT2D eigenvalue weighted by atomic mass is 10.2. The van der Waals surface area contributed by atoms with Gasteiger partial charge in [0.15, 0.2) is 0 Å². The third kappa shape index (κ3) is 4.12. The number of nitrogens with zero attached hydrogens (tertiary/aromatic N) is 1. The Labute approximate surface area is 99.1 Å². The molecule has 0 aromatic heterocycles. The minimum Gasteiger partial charge on any atom is -0.369 e. The van der Waals surface area contributed by atoms with E-state index in [-0.39, 0.29) is 5.75 Å². The predicted octanol–water partition coefficient (Wildman–Crippen LogP) is 0.0726. The Morgan fingerprint density at radius 1 is 1.47 bits per heavy atom. The molecule has 1 amide bonds. The van der Waals surface area contributed by atoms with Gasteiger partial charge in [-0.25, -0.2) is 12.8 Å². The highest BCUT2D eigenvalue weighted by Gasteiger charge is 2.20. The van der Waals surface area contributed by atoms with E-state index in [9.17, 15) is 17.6 Å². The number of amides is 1. The fraction of sp³-hybridized carbons (Fsp3) is 0.300. The van der Waals surface area contributed by atoms with E-state index in [1.54, 1.807) is 0 Å².